The fourth-order valence-corrected chi connectivity index (χ4v) is 7.83. The van der Waals surface area contributed by atoms with Gasteiger partial charge in [0.2, 0.25) is 5.91 Å². The lowest BCUT2D eigenvalue weighted by Crippen LogP contribution is -2.50. The van der Waals surface area contributed by atoms with Gasteiger partial charge in [-0.1, -0.05) is 29.8 Å². The Bertz CT molecular complexity index is 1430. The summed E-state index contributed by atoms with van der Waals surface area (Å²) in [7, 11) is 0. The third-order valence-corrected chi connectivity index (χ3v) is 9.46. The standard InChI is InChI=1S/C27H28ClN5O2S/c1-14-12-32(13-15(2)35-14)24(34)17-10-19-21(11-17)36-25-22(19)23(18-6-4-5-7-20(18)28)29-27(8-9-27)26-31-30-16(3)33(25)26/h4-7,14-15,17H,8-13H2,1-3H3/t14-,15-,17+/m1/s1. The third kappa shape index (κ3) is 3.34. The number of morpholine rings is 1. The summed E-state index contributed by atoms with van der Waals surface area (Å²) in [6, 6.07) is 7.94. The van der Waals surface area contributed by atoms with E-state index in [1.165, 1.54) is 10.4 Å². The molecule has 2 aliphatic heterocycles. The molecule has 0 N–H and O–H groups in total. The Balaban J connectivity index is 1.34. The van der Waals surface area contributed by atoms with Crippen LogP contribution in [-0.2, 0) is 27.9 Å². The Morgan fingerprint density at radius 2 is 1.89 bits per heavy atom. The summed E-state index contributed by atoms with van der Waals surface area (Å²) in [5.74, 6) is 1.98. The summed E-state index contributed by atoms with van der Waals surface area (Å²) in [6.45, 7) is 7.41. The molecule has 1 saturated carbocycles. The molecule has 0 unspecified atom stereocenters. The van der Waals surface area contributed by atoms with Crippen molar-refractivity contribution in [3.63, 3.8) is 0 Å². The predicted octanol–water partition coefficient (Wildman–Crippen LogP) is 4.48. The molecule has 1 saturated heterocycles. The van der Waals surface area contributed by atoms with Crippen LogP contribution < -0.4 is 0 Å². The van der Waals surface area contributed by atoms with Crippen molar-refractivity contribution in [3.8, 4) is 5.00 Å². The van der Waals surface area contributed by atoms with Crippen LogP contribution in [0.25, 0.3) is 5.00 Å². The minimum absolute atomic E-state index is 0.0545. The van der Waals surface area contributed by atoms with Crippen molar-refractivity contribution in [1.29, 1.82) is 0 Å². The molecule has 4 aliphatic rings. The Kier molecular flexibility index (Phi) is 5.01. The van der Waals surface area contributed by atoms with E-state index in [9.17, 15) is 4.79 Å². The Labute approximate surface area is 219 Å². The van der Waals surface area contributed by atoms with Crippen molar-refractivity contribution >= 4 is 34.6 Å². The van der Waals surface area contributed by atoms with Gasteiger partial charge >= 0.3 is 0 Å². The predicted molar refractivity (Wildman–Crippen MR) is 139 cm³/mol. The number of nitrogens with zero attached hydrogens (tertiary/aromatic N) is 5. The van der Waals surface area contributed by atoms with E-state index in [1.807, 2.05) is 43.9 Å². The molecule has 0 bridgehead atoms. The van der Waals surface area contributed by atoms with Gasteiger partial charge in [0.05, 0.1) is 17.9 Å². The van der Waals surface area contributed by atoms with Crippen LogP contribution in [0.1, 0.15) is 59.9 Å². The minimum Gasteiger partial charge on any atom is -0.372 e. The molecule has 0 radical (unpaired) electrons. The zero-order valence-corrected chi connectivity index (χ0v) is 22.2. The summed E-state index contributed by atoms with van der Waals surface area (Å²) in [5, 5.41) is 10.8. The number of hydrogen-bond donors (Lipinski definition) is 0. The summed E-state index contributed by atoms with van der Waals surface area (Å²) in [6.07, 6.45) is 3.49. The van der Waals surface area contributed by atoms with E-state index in [0.29, 0.717) is 24.5 Å². The number of amides is 1. The van der Waals surface area contributed by atoms with Gasteiger partial charge in [-0.25, -0.2) is 0 Å². The SMILES string of the molecule is Cc1nnc2n1-c1sc3c(c1C(c1ccccc1Cl)=NC21CC1)C[C@H](C(=O)N1C[C@@H](C)O[C@H](C)C1)C3. The number of fused-ring (bicyclic) bond motifs is 6. The van der Waals surface area contributed by atoms with Gasteiger partial charge < -0.3 is 9.64 Å². The number of rotatable bonds is 2. The largest absolute Gasteiger partial charge is 0.372 e. The third-order valence-electron chi connectivity index (χ3n) is 7.89. The molecule has 4 heterocycles. The van der Waals surface area contributed by atoms with E-state index in [2.05, 4.69) is 20.8 Å². The first-order chi connectivity index (χ1) is 17.3. The Hall–Kier alpha value is -2.55. The molecule has 1 spiro atoms. The van der Waals surface area contributed by atoms with Gasteiger partial charge in [-0.3, -0.25) is 14.4 Å². The quantitative estimate of drug-likeness (QED) is 0.498. The lowest BCUT2D eigenvalue weighted by atomic mass is 9.97. The van der Waals surface area contributed by atoms with Crippen molar-refractivity contribution in [1.82, 2.24) is 19.7 Å². The zero-order valence-electron chi connectivity index (χ0n) is 20.6. The summed E-state index contributed by atoms with van der Waals surface area (Å²) >= 11 is 8.51. The molecule has 2 aliphatic carbocycles. The number of hydrogen-bond acceptors (Lipinski definition) is 6. The van der Waals surface area contributed by atoms with Crippen LogP contribution in [0.4, 0.5) is 0 Å². The second-order valence-electron chi connectivity index (χ2n) is 10.7. The highest BCUT2D eigenvalue weighted by Gasteiger charge is 2.52. The number of carbonyl (C=O) groups is 1. The average molecular weight is 522 g/mol. The highest BCUT2D eigenvalue weighted by Crippen LogP contribution is 2.54. The van der Waals surface area contributed by atoms with Gasteiger partial charge in [-0.15, -0.1) is 21.5 Å². The smallest absolute Gasteiger partial charge is 0.226 e. The van der Waals surface area contributed by atoms with Crippen LogP contribution in [-0.4, -0.2) is 56.6 Å². The number of aromatic nitrogens is 3. The van der Waals surface area contributed by atoms with Crippen LogP contribution in [0.15, 0.2) is 29.3 Å². The minimum atomic E-state index is -0.352. The fourth-order valence-electron chi connectivity index (χ4n) is 6.14. The monoisotopic (exact) mass is 521 g/mol. The molecule has 2 aromatic heterocycles. The lowest BCUT2D eigenvalue weighted by molar-refractivity contribution is -0.147. The van der Waals surface area contributed by atoms with Crippen molar-refractivity contribution < 1.29 is 9.53 Å². The van der Waals surface area contributed by atoms with Gasteiger partial charge in [0, 0.05) is 40.0 Å². The number of carbonyl (C=O) groups excluding carboxylic acids is 1. The first kappa shape index (κ1) is 22.6. The second kappa shape index (κ2) is 7.97. The molecule has 1 amide bonds. The first-order valence-electron chi connectivity index (χ1n) is 12.7. The van der Waals surface area contributed by atoms with Crippen molar-refractivity contribution in [2.45, 2.75) is 64.2 Å². The maximum absolute atomic E-state index is 13.6. The summed E-state index contributed by atoms with van der Waals surface area (Å²) < 4.78 is 8.08. The van der Waals surface area contributed by atoms with E-state index in [0.717, 1.165) is 52.8 Å². The number of halogens is 1. The molecule has 3 aromatic rings. The van der Waals surface area contributed by atoms with Gasteiger partial charge in [0.15, 0.2) is 5.82 Å². The maximum Gasteiger partial charge on any atom is 0.226 e. The number of aryl methyl sites for hydroxylation is 1. The van der Waals surface area contributed by atoms with Crippen LogP contribution in [0, 0.1) is 12.8 Å². The van der Waals surface area contributed by atoms with Crippen molar-refractivity contribution in [3.05, 3.63) is 62.5 Å². The molecule has 3 atom stereocenters. The summed E-state index contributed by atoms with van der Waals surface area (Å²) in [5.41, 5.74) is 3.86. The first-order valence-corrected chi connectivity index (χ1v) is 13.9. The van der Waals surface area contributed by atoms with E-state index in [-0.39, 0.29) is 29.6 Å². The molecule has 186 valence electrons. The van der Waals surface area contributed by atoms with Gasteiger partial charge in [0.1, 0.15) is 16.4 Å². The van der Waals surface area contributed by atoms with E-state index < -0.39 is 0 Å². The normalized spacial score (nSPS) is 25.7. The van der Waals surface area contributed by atoms with Gasteiger partial charge in [-0.05, 0) is 58.1 Å². The van der Waals surface area contributed by atoms with Gasteiger partial charge in [-0.2, -0.15) is 0 Å². The molecule has 1 aromatic carbocycles. The lowest BCUT2D eigenvalue weighted by Gasteiger charge is -2.36. The topological polar surface area (TPSA) is 72.6 Å². The number of thiophene rings is 1. The molecular formula is C27H28ClN5O2S. The number of aliphatic imine (C=N–C) groups is 1. The van der Waals surface area contributed by atoms with Crippen molar-refractivity contribution in [2.75, 3.05) is 13.1 Å². The van der Waals surface area contributed by atoms with E-state index >= 15 is 0 Å². The molecule has 9 heteroatoms. The van der Waals surface area contributed by atoms with E-state index in [1.54, 1.807) is 11.3 Å². The summed E-state index contributed by atoms with van der Waals surface area (Å²) in [4.78, 5) is 22.3. The average Bonchev–Trinajstić information content (AvgIpc) is 3.18. The number of benzene rings is 1. The number of ether oxygens (including phenoxy) is 1. The Morgan fingerprint density at radius 1 is 1.14 bits per heavy atom. The molecular weight excluding hydrogens is 494 g/mol. The Morgan fingerprint density at radius 3 is 2.61 bits per heavy atom. The van der Waals surface area contributed by atoms with Crippen LogP contribution >= 0.6 is 22.9 Å². The van der Waals surface area contributed by atoms with Crippen LogP contribution in [0.2, 0.25) is 5.02 Å². The zero-order chi connectivity index (χ0) is 24.8. The molecule has 7 rings (SSSR count). The highest BCUT2D eigenvalue weighted by atomic mass is 35.5. The van der Waals surface area contributed by atoms with Crippen molar-refractivity contribution in [2.24, 2.45) is 10.9 Å². The maximum atomic E-state index is 13.6. The second-order valence-corrected chi connectivity index (χ2v) is 12.2. The highest BCUT2D eigenvalue weighted by molar-refractivity contribution is 7.15. The van der Waals surface area contributed by atoms with Crippen LogP contribution in [0.5, 0.6) is 0 Å². The van der Waals surface area contributed by atoms with E-state index in [4.69, 9.17) is 21.3 Å². The molecule has 7 nitrogen and oxygen atoms in total. The molecule has 36 heavy (non-hydrogen) atoms. The van der Waals surface area contributed by atoms with Crippen LogP contribution in [0.3, 0.4) is 0 Å². The van der Waals surface area contributed by atoms with Gasteiger partial charge in [0.25, 0.3) is 0 Å². The fraction of sp³-hybridized carbons (Fsp3) is 0.481. The molecule has 2 fully saturated rings.